The van der Waals surface area contributed by atoms with Gasteiger partial charge in [-0.3, -0.25) is 0 Å². The van der Waals surface area contributed by atoms with Gasteiger partial charge in [-0.15, -0.1) is 0 Å². The Kier molecular flexibility index (Phi) is 3.93. The van der Waals surface area contributed by atoms with Crippen molar-refractivity contribution in [3.63, 3.8) is 0 Å². The van der Waals surface area contributed by atoms with E-state index in [0.29, 0.717) is 6.71 Å². The van der Waals surface area contributed by atoms with Crippen LogP contribution in [0.25, 0.3) is 5.70 Å². The maximum Gasteiger partial charge on any atom is 0.247 e. The summed E-state index contributed by atoms with van der Waals surface area (Å²) in [7, 11) is 0. The number of fused-ring (bicyclic) bond motifs is 8. The molecule has 3 aliphatic heterocycles. The van der Waals surface area contributed by atoms with Crippen LogP contribution < -0.4 is 20.7 Å². The van der Waals surface area contributed by atoms with E-state index in [-0.39, 0.29) is 11.0 Å². The topological polar surface area (TPSA) is 6.48 Å². The van der Waals surface area contributed by atoms with Crippen molar-refractivity contribution in [2.75, 3.05) is 9.80 Å². The molecule has 2 unspecified atom stereocenters. The number of rotatable bonds is 1. The first-order valence-electron chi connectivity index (χ1n) is 14.3. The number of nitrogens with zero attached hydrogens (tertiary/aromatic N) is 2. The largest absolute Gasteiger partial charge is 0.335 e. The van der Waals surface area contributed by atoms with Crippen LogP contribution in [-0.4, -0.2) is 12.3 Å². The predicted molar refractivity (Wildman–Crippen MR) is 160 cm³/mol. The summed E-state index contributed by atoms with van der Waals surface area (Å²) in [6, 6.07) is 34.5. The van der Waals surface area contributed by atoms with Crippen molar-refractivity contribution in [3.8, 4) is 0 Å². The average Bonchev–Trinajstić information content (AvgIpc) is 3.43. The normalized spacial score (nSPS) is 25.6. The zero-order valence-corrected chi connectivity index (χ0v) is 22.2. The Bertz CT molecular complexity index is 1700. The van der Waals surface area contributed by atoms with Crippen LogP contribution in [0.15, 0.2) is 96.5 Å². The van der Waals surface area contributed by atoms with E-state index in [1.54, 1.807) is 11.0 Å². The third-order valence-electron chi connectivity index (χ3n) is 10.8. The second kappa shape index (κ2) is 7.02. The number of benzene rings is 4. The summed E-state index contributed by atoms with van der Waals surface area (Å²) < 4.78 is 0. The highest BCUT2D eigenvalue weighted by molar-refractivity contribution is 6.96. The van der Waals surface area contributed by atoms with Gasteiger partial charge in [0.15, 0.2) is 0 Å². The molecular formula is C35H31BN2. The van der Waals surface area contributed by atoms with Gasteiger partial charge in [0, 0.05) is 39.4 Å². The van der Waals surface area contributed by atoms with Gasteiger partial charge in [0.1, 0.15) is 0 Å². The Hall–Kier alpha value is -3.72. The van der Waals surface area contributed by atoms with Gasteiger partial charge in [-0.1, -0.05) is 92.0 Å². The summed E-state index contributed by atoms with van der Waals surface area (Å²) in [5, 5.41) is 0. The Morgan fingerprint density at radius 1 is 0.737 bits per heavy atom. The molecule has 2 aliphatic carbocycles. The third-order valence-corrected chi connectivity index (χ3v) is 10.8. The minimum absolute atomic E-state index is 0.0919. The van der Waals surface area contributed by atoms with Gasteiger partial charge in [0.2, 0.25) is 6.71 Å². The standard InChI is InChI=1S/C35H31BN2/c1-34-20-8-9-21-35(34,2)38-30-19-11-18-29-31(30)36(27-17-10-16-26(34)33(27)38)28-22-23-12-6-7-15-25(23)32(28)37(29)24-13-4-3-5-14-24/h3-7,10-19H,8-9,20-22H2,1-2H3. The van der Waals surface area contributed by atoms with Gasteiger partial charge in [0.25, 0.3) is 0 Å². The summed E-state index contributed by atoms with van der Waals surface area (Å²) in [6.07, 6.45) is 6.17. The molecular weight excluding hydrogens is 459 g/mol. The molecule has 0 aromatic heterocycles. The zero-order chi connectivity index (χ0) is 25.2. The molecule has 5 aliphatic rings. The molecule has 4 aromatic carbocycles. The number of anilines is 4. The maximum absolute atomic E-state index is 2.81. The lowest BCUT2D eigenvalue weighted by atomic mass is 9.32. The first kappa shape index (κ1) is 21.2. The molecule has 0 saturated heterocycles. The number of para-hydroxylation sites is 2. The van der Waals surface area contributed by atoms with Crippen LogP contribution in [0.3, 0.4) is 0 Å². The van der Waals surface area contributed by atoms with Crippen molar-refractivity contribution in [3.05, 3.63) is 113 Å². The summed E-state index contributed by atoms with van der Waals surface area (Å²) in [5.74, 6) is 0. The Morgan fingerprint density at radius 3 is 2.39 bits per heavy atom. The fourth-order valence-corrected chi connectivity index (χ4v) is 8.98. The van der Waals surface area contributed by atoms with Crippen LogP contribution in [0.2, 0.25) is 0 Å². The molecule has 9 rings (SSSR count). The highest BCUT2D eigenvalue weighted by Crippen LogP contribution is 2.62. The Labute approximate surface area is 225 Å². The van der Waals surface area contributed by atoms with Gasteiger partial charge in [-0.25, -0.2) is 0 Å². The molecule has 2 atom stereocenters. The summed E-state index contributed by atoms with van der Waals surface area (Å²) in [4.78, 5) is 5.38. The van der Waals surface area contributed by atoms with Gasteiger partial charge in [0.05, 0.1) is 5.54 Å². The van der Waals surface area contributed by atoms with Crippen molar-refractivity contribution < 1.29 is 0 Å². The number of allylic oxidation sites excluding steroid dienone is 1. The van der Waals surface area contributed by atoms with Crippen molar-refractivity contribution in [1.29, 1.82) is 0 Å². The highest BCUT2D eigenvalue weighted by atomic mass is 15.3. The molecule has 0 amide bonds. The fourth-order valence-electron chi connectivity index (χ4n) is 8.98. The summed E-state index contributed by atoms with van der Waals surface area (Å²) in [6.45, 7) is 5.41. The van der Waals surface area contributed by atoms with E-state index in [0.717, 1.165) is 6.42 Å². The van der Waals surface area contributed by atoms with Crippen molar-refractivity contribution >= 4 is 46.1 Å². The molecule has 0 spiro atoms. The van der Waals surface area contributed by atoms with Crippen LogP contribution in [-0.2, 0) is 11.8 Å². The summed E-state index contributed by atoms with van der Waals surface area (Å²) in [5.41, 5.74) is 16.2. The quantitative estimate of drug-likeness (QED) is 0.265. The molecule has 0 N–H and O–H groups in total. The molecule has 38 heavy (non-hydrogen) atoms. The third kappa shape index (κ3) is 2.30. The monoisotopic (exact) mass is 490 g/mol. The number of hydrogen-bond acceptors (Lipinski definition) is 2. The fraction of sp³-hybridized carbons (Fsp3) is 0.257. The van der Waals surface area contributed by atoms with Crippen LogP contribution in [0.5, 0.6) is 0 Å². The number of hydrogen-bond donors (Lipinski definition) is 0. The maximum atomic E-state index is 2.81. The Balaban J connectivity index is 1.40. The van der Waals surface area contributed by atoms with Crippen LogP contribution in [0.4, 0.5) is 22.7 Å². The first-order chi connectivity index (χ1) is 18.6. The molecule has 0 bridgehead atoms. The minimum Gasteiger partial charge on any atom is -0.335 e. The van der Waals surface area contributed by atoms with Crippen LogP contribution >= 0.6 is 0 Å². The predicted octanol–water partition coefficient (Wildman–Crippen LogP) is 7.01. The lowest BCUT2D eigenvalue weighted by Crippen LogP contribution is -2.61. The molecule has 2 nitrogen and oxygen atoms in total. The SMILES string of the molecule is CC12CCCCC1(C)N1c3cccc4c3B(C3=C(c5ccccc5C3)N4c3ccccc3)c3cccc2c31. The van der Waals surface area contributed by atoms with Gasteiger partial charge < -0.3 is 9.80 Å². The zero-order valence-electron chi connectivity index (χ0n) is 22.2. The summed E-state index contributed by atoms with van der Waals surface area (Å²) >= 11 is 0. The van der Waals surface area contributed by atoms with Crippen molar-refractivity contribution in [2.45, 2.75) is 56.9 Å². The van der Waals surface area contributed by atoms with Crippen molar-refractivity contribution in [2.24, 2.45) is 0 Å². The molecule has 184 valence electrons. The van der Waals surface area contributed by atoms with E-state index in [1.807, 2.05) is 0 Å². The lowest BCUT2D eigenvalue weighted by molar-refractivity contribution is 0.195. The van der Waals surface area contributed by atoms with Gasteiger partial charge in [-0.05, 0) is 72.5 Å². The first-order valence-corrected chi connectivity index (χ1v) is 14.3. The van der Waals surface area contributed by atoms with E-state index in [2.05, 4.69) is 115 Å². The average molecular weight is 490 g/mol. The van der Waals surface area contributed by atoms with Gasteiger partial charge in [-0.2, -0.15) is 0 Å². The van der Waals surface area contributed by atoms with Crippen LogP contribution in [0.1, 0.15) is 56.2 Å². The van der Waals surface area contributed by atoms with E-state index in [4.69, 9.17) is 0 Å². The van der Waals surface area contributed by atoms with E-state index < -0.39 is 0 Å². The molecule has 1 saturated carbocycles. The molecule has 3 heterocycles. The van der Waals surface area contributed by atoms with Crippen LogP contribution in [0, 0.1) is 0 Å². The highest BCUT2D eigenvalue weighted by Gasteiger charge is 2.61. The second-order valence-electron chi connectivity index (χ2n) is 12.4. The van der Waals surface area contributed by atoms with E-state index >= 15 is 0 Å². The van der Waals surface area contributed by atoms with Gasteiger partial charge >= 0.3 is 0 Å². The van der Waals surface area contributed by atoms with E-state index in [1.165, 1.54) is 76.2 Å². The molecule has 4 aromatic rings. The molecule has 0 radical (unpaired) electrons. The smallest absolute Gasteiger partial charge is 0.247 e. The molecule has 1 fully saturated rings. The van der Waals surface area contributed by atoms with Crippen molar-refractivity contribution in [1.82, 2.24) is 0 Å². The lowest BCUT2D eigenvalue weighted by Gasteiger charge is -2.52. The Morgan fingerprint density at radius 2 is 1.50 bits per heavy atom. The second-order valence-corrected chi connectivity index (χ2v) is 12.4. The molecule has 3 heteroatoms. The minimum atomic E-state index is 0.0919. The van der Waals surface area contributed by atoms with E-state index in [9.17, 15) is 0 Å².